The first-order valence-corrected chi connectivity index (χ1v) is 8.93. The van der Waals surface area contributed by atoms with Gasteiger partial charge in [-0.3, -0.25) is 14.5 Å². The number of amides is 2. The molecule has 0 bridgehead atoms. The Morgan fingerprint density at radius 3 is 2.46 bits per heavy atom. The molecule has 2 aromatic rings. The number of aryl methyl sites for hydroxylation is 1. The number of anilines is 1. The minimum absolute atomic E-state index is 0.142. The van der Waals surface area contributed by atoms with Gasteiger partial charge < -0.3 is 20.2 Å². The summed E-state index contributed by atoms with van der Waals surface area (Å²) in [5.74, 6) is -0.322. The molecule has 0 saturated carbocycles. The first-order valence-electron chi connectivity index (χ1n) is 8.93. The van der Waals surface area contributed by atoms with E-state index in [1.54, 1.807) is 37.3 Å². The Labute approximate surface area is 163 Å². The van der Waals surface area contributed by atoms with E-state index in [1.807, 2.05) is 11.8 Å². The van der Waals surface area contributed by atoms with E-state index < -0.39 is 11.9 Å². The molecule has 0 radical (unpaired) electrons. The first kappa shape index (κ1) is 21.2. The number of carbonyl (C=O) groups is 3. The second kappa shape index (κ2) is 9.70. The second-order valence-electron chi connectivity index (χ2n) is 6.32. The van der Waals surface area contributed by atoms with E-state index in [2.05, 4.69) is 5.32 Å². The van der Waals surface area contributed by atoms with Gasteiger partial charge in [-0.1, -0.05) is 6.92 Å². The van der Waals surface area contributed by atoms with E-state index in [0.717, 1.165) is 5.56 Å². The van der Waals surface area contributed by atoms with E-state index in [0.29, 0.717) is 36.6 Å². The van der Waals surface area contributed by atoms with Crippen LogP contribution in [0.15, 0.2) is 34.7 Å². The lowest BCUT2D eigenvalue weighted by Gasteiger charge is -2.18. The number of benzene rings is 1. The van der Waals surface area contributed by atoms with Crippen LogP contribution < -0.4 is 11.1 Å². The van der Waals surface area contributed by atoms with Gasteiger partial charge in [0.25, 0.3) is 0 Å². The molecule has 2 amide bonds. The summed E-state index contributed by atoms with van der Waals surface area (Å²) in [6.07, 6.45) is 0.287. The predicted molar refractivity (Wildman–Crippen MR) is 104 cm³/mol. The van der Waals surface area contributed by atoms with Gasteiger partial charge >= 0.3 is 5.97 Å². The molecule has 1 aromatic heterocycles. The normalized spacial score (nSPS) is 10.7. The lowest BCUT2D eigenvalue weighted by atomic mass is 10.2. The highest BCUT2D eigenvalue weighted by Crippen LogP contribution is 2.17. The highest BCUT2D eigenvalue weighted by Gasteiger charge is 2.17. The maximum absolute atomic E-state index is 12.2. The van der Waals surface area contributed by atoms with E-state index >= 15 is 0 Å². The van der Waals surface area contributed by atoms with Crippen molar-refractivity contribution in [3.05, 3.63) is 53.0 Å². The molecule has 1 aromatic carbocycles. The molecule has 0 spiro atoms. The molecular formula is C20H25N3O5. The zero-order chi connectivity index (χ0) is 20.7. The van der Waals surface area contributed by atoms with Crippen molar-refractivity contribution in [1.82, 2.24) is 4.90 Å². The van der Waals surface area contributed by atoms with E-state index in [1.165, 1.54) is 7.11 Å². The molecule has 2 rings (SSSR count). The van der Waals surface area contributed by atoms with Crippen molar-refractivity contribution < 1.29 is 23.5 Å². The van der Waals surface area contributed by atoms with Crippen molar-refractivity contribution in [2.24, 2.45) is 5.73 Å². The lowest BCUT2D eigenvalue weighted by Crippen LogP contribution is -2.27. The van der Waals surface area contributed by atoms with E-state index in [-0.39, 0.29) is 18.1 Å². The average Bonchev–Trinajstić information content (AvgIpc) is 3.05. The molecular weight excluding hydrogens is 362 g/mol. The summed E-state index contributed by atoms with van der Waals surface area (Å²) in [4.78, 5) is 36.9. The zero-order valence-electron chi connectivity index (χ0n) is 16.3. The number of nitrogens with zero attached hydrogens (tertiary/aromatic N) is 1. The monoisotopic (exact) mass is 387 g/mol. The number of nitrogens with two attached hydrogens (primary N) is 1. The van der Waals surface area contributed by atoms with Crippen molar-refractivity contribution >= 4 is 23.5 Å². The van der Waals surface area contributed by atoms with Gasteiger partial charge in [-0.05, 0) is 43.8 Å². The third kappa shape index (κ3) is 5.68. The van der Waals surface area contributed by atoms with Crippen LogP contribution in [0, 0.1) is 6.92 Å². The summed E-state index contributed by atoms with van der Waals surface area (Å²) in [6, 6.07) is 8.20. The van der Waals surface area contributed by atoms with Gasteiger partial charge in [0, 0.05) is 29.8 Å². The molecule has 0 aliphatic rings. The summed E-state index contributed by atoms with van der Waals surface area (Å²) in [5.41, 5.74) is 6.90. The Morgan fingerprint density at radius 1 is 1.21 bits per heavy atom. The number of carbonyl (C=O) groups excluding carboxylic acids is 3. The minimum Gasteiger partial charge on any atom is -0.463 e. The van der Waals surface area contributed by atoms with Crippen molar-refractivity contribution in [2.45, 2.75) is 26.8 Å². The number of methoxy groups -OCH3 is 1. The molecule has 8 nitrogen and oxygen atoms in total. The number of furan rings is 1. The van der Waals surface area contributed by atoms with Crippen LogP contribution in [0.2, 0.25) is 0 Å². The Bertz CT molecular complexity index is 842. The summed E-state index contributed by atoms with van der Waals surface area (Å²) in [7, 11) is 1.31. The Kier molecular flexibility index (Phi) is 7.34. The van der Waals surface area contributed by atoms with Gasteiger partial charge in [0.05, 0.1) is 13.7 Å². The number of ether oxygens (including phenoxy) is 1. The third-order valence-corrected chi connectivity index (χ3v) is 4.27. The van der Waals surface area contributed by atoms with Crippen LogP contribution in [-0.4, -0.2) is 42.9 Å². The highest BCUT2D eigenvalue weighted by atomic mass is 16.5. The van der Waals surface area contributed by atoms with Crippen LogP contribution in [0.25, 0.3) is 0 Å². The minimum atomic E-state index is -0.514. The van der Waals surface area contributed by atoms with E-state index in [9.17, 15) is 14.4 Å². The molecule has 0 aliphatic carbocycles. The number of esters is 1. The van der Waals surface area contributed by atoms with Crippen molar-refractivity contribution in [2.75, 3.05) is 25.5 Å². The predicted octanol–water partition coefficient (Wildman–Crippen LogP) is 2.32. The third-order valence-electron chi connectivity index (χ3n) is 4.27. The summed E-state index contributed by atoms with van der Waals surface area (Å²) in [5, 5.41) is 2.78. The van der Waals surface area contributed by atoms with Crippen LogP contribution in [0.3, 0.4) is 0 Å². The van der Waals surface area contributed by atoms with Crippen molar-refractivity contribution in [3.8, 4) is 0 Å². The first-order chi connectivity index (χ1) is 13.3. The number of hydrogen-bond donors (Lipinski definition) is 2. The zero-order valence-corrected chi connectivity index (χ0v) is 16.3. The SMILES string of the molecule is CCN(CCC(=O)Nc1ccc(C(N)=O)cc1)Cc1cc(C)c(C(=O)OC)o1. The fourth-order valence-corrected chi connectivity index (χ4v) is 2.69. The van der Waals surface area contributed by atoms with Gasteiger partial charge in [0.2, 0.25) is 17.6 Å². The fraction of sp³-hybridized carbons (Fsp3) is 0.350. The molecule has 3 N–H and O–H groups in total. The molecule has 8 heteroatoms. The summed E-state index contributed by atoms with van der Waals surface area (Å²) < 4.78 is 10.3. The van der Waals surface area contributed by atoms with Crippen LogP contribution in [0.5, 0.6) is 0 Å². The fourth-order valence-electron chi connectivity index (χ4n) is 2.69. The van der Waals surface area contributed by atoms with Crippen molar-refractivity contribution in [3.63, 3.8) is 0 Å². The molecule has 0 unspecified atom stereocenters. The lowest BCUT2D eigenvalue weighted by molar-refractivity contribution is -0.116. The number of hydrogen-bond acceptors (Lipinski definition) is 6. The smallest absolute Gasteiger partial charge is 0.374 e. The molecule has 0 aliphatic heterocycles. The molecule has 1 heterocycles. The second-order valence-corrected chi connectivity index (χ2v) is 6.32. The van der Waals surface area contributed by atoms with Gasteiger partial charge in [-0.15, -0.1) is 0 Å². The van der Waals surface area contributed by atoms with Crippen molar-refractivity contribution in [1.29, 1.82) is 0 Å². The number of primary amides is 1. The molecule has 0 fully saturated rings. The number of nitrogens with one attached hydrogen (secondary N) is 1. The molecule has 28 heavy (non-hydrogen) atoms. The topological polar surface area (TPSA) is 115 Å². The van der Waals surface area contributed by atoms with Crippen LogP contribution in [0.1, 0.15) is 45.6 Å². The van der Waals surface area contributed by atoms with Gasteiger partial charge in [-0.25, -0.2) is 4.79 Å². The Hall–Kier alpha value is -3.13. The molecule has 0 atom stereocenters. The summed E-state index contributed by atoms with van der Waals surface area (Å²) >= 11 is 0. The molecule has 0 saturated heterocycles. The summed E-state index contributed by atoms with van der Waals surface area (Å²) in [6.45, 7) is 5.49. The van der Waals surface area contributed by atoms with Gasteiger partial charge in [0.1, 0.15) is 5.76 Å². The quantitative estimate of drug-likeness (QED) is 0.638. The average molecular weight is 387 g/mol. The maximum atomic E-state index is 12.2. The van der Waals surface area contributed by atoms with Crippen LogP contribution in [0.4, 0.5) is 5.69 Å². The Balaban J connectivity index is 1.88. The maximum Gasteiger partial charge on any atom is 0.374 e. The number of rotatable bonds is 9. The Morgan fingerprint density at radius 2 is 1.89 bits per heavy atom. The van der Waals surface area contributed by atoms with Crippen LogP contribution in [-0.2, 0) is 16.1 Å². The largest absolute Gasteiger partial charge is 0.463 e. The standard InChI is InChI=1S/C20H25N3O5/c1-4-23(12-16-11-13(2)18(28-16)20(26)27-3)10-9-17(24)22-15-7-5-14(6-8-15)19(21)25/h5-8,11H,4,9-10,12H2,1-3H3,(H2,21,25)(H,22,24). The van der Waals surface area contributed by atoms with Gasteiger partial charge in [-0.2, -0.15) is 0 Å². The highest BCUT2D eigenvalue weighted by molar-refractivity contribution is 5.94. The van der Waals surface area contributed by atoms with E-state index in [4.69, 9.17) is 14.9 Å². The van der Waals surface area contributed by atoms with Crippen LogP contribution >= 0.6 is 0 Å². The van der Waals surface area contributed by atoms with Gasteiger partial charge in [0.15, 0.2) is 0 Å². The molecule has 150 valence electrons.